The number of benzene rings is 1. The number of aromatic nitrogens is 1. The molecule has 0 saturated carbocycles. The van der Waals surface area contributed by atoms with E-state index in [1.807, 2.05) is 24.3 Å². The van der Waals surface area contributed by atoms with E-state index in [1.54, 1.807) is 6.20 Å². The molecule has 1 N–H and O–H groups in total. The van der Waals surface area contributed by atoms with Gasteiger partial charge in [0.05, 0.1) is 6.10 Å². The van der Waals surface area contributed by atoms with Crippen LogP contribution in [0.4, 0.5) is 0 Å². The summed E-state index contributed by atoms with van der Waals surface area (Å²) in [5, 5.41) is 10.3. The summed E-state index contributed by atoms with van der Waals surface area (Å²) in [6, 6.07) is 12.1. The first-order valence-corrected chi connectivity index (χ1v) is 7.71. The smallest absolute Gasteiger partial charge is 0.0845 e. The largest absolute Gasteiger partial charge is 0.388 e. The number of aliphatic hydroxyl groups is 1. The molecule has 1 heterocycles. The minimum absolute atomic E-state index is 0.503. The molecule has 2 nitrogen and oxygen atoms in total. The van der Waals surface area contributed by atoms with Crippen LogP contribution < -0.4 is 0 Å². The fourth-order valence-corrected chi connectivity index (χ4v) is 2.42. The third-order valence-corrected chi connectivity index (χ3v) is 3.67. The lowest BCUT2D eigenvalue weighted by molar-refractivity contribution is 0.177. The van der Waals surface area contributed by atoms with Gasteiger partial charge in [0.25, 0.3) is 0 Å². The van der Waals surface area contributed by atoms with Crippen molar-refractivity contribution in [2.24, 2.45) is 5.92 Å². The Hall–Kier alpha value is -1.19. The lowest BCUT2D eigenvalue weighted by Gasteiger charge is -2.12. The van der Waals surface area contributed by atoms with Crippen molar-refractivity contribution in [3.63, 3.8) is 0 Å². The summed E-state index contributed by atoms with van der Waals surface area (Å²) in [7, 11) is 0. The summed E-state index contributed by atoms with van der Waals surface area (Å²) in [6.45, 7) is 4.42. The van der Waals surface area contributed by atoms with E-state index in [2.05, 4.69) is 46.9 Å². The van der Waals surface area contributed by atoms with Gasteiger partial charge in [0.15, 0.2) is 0 Å². The second-order valence-electron chi connectivity index (χ2n) is 5.53. The number of pyridine rings is 1. The molecule has 0 aliphatic heterocycles. The van der Waals surface area contributed by atoms with Gasteiger partial charge < -0.3 is 5.11 Å². The van der Waals surface area contributed by atoms with Gasteiger partial charge in [-0.25, -0.2) is 0 Å². The van der Waals surface area contributed by atoms with Crippen molar-refractivity contribution < 1.29 is 5.11 Å². The highest BCUT2D eigenvalue weighted by molar-refractivity contribution is 9.10. The first-order chi connectivity index (χ1) is 9.54. The highest BCUT2D eigenvalue weighted by Crippen LogP contribution is 2.19. The zero-order valence-corrected chi connectivity index (χ0v) is 13.5. The molecule has 1 unspecified atom stereocenters. The van der Waals surface area contributed by atoms with E-state index in [0.29, 0.717) is 12.3 Å². The normalized spacial score (nSPS) is 12.7. The van der Waals surface area contributed by atoms with E-state index in [-0.39, 0.29) is 0 Å². The molecule has 106 valence electrons. The second kappa shape index (κ2) is 7.00. The molecular formula is C17H20BrNO. The summed E-state index contributed by atoms with van der Waals surface area (Å²) < 4.78 is 0.953. The van der Waals surface area contributed by atoms with Gasteiger partial charge in [-0.3, -0.25) is 4.98 Å². The molecule has 1 aromatic carbocycles. The van der Waals surface area contributed by atoms with Crippen LogP contribution in [0.5, 0.6) is 0 Å². The molecule has 0 fully saturated rings. The van der Waals surface area contributed by atoms with Crippen LogP contribution in [0.2, 0.25) is 0 Å². The van der Waals surface area contributed by atoms with E-state index < -0.39 is 6.10 Å². The summed E-state index contributed by atoms with van der Waals surface area (Å²) in [5.74, 6) is 0.651. The molecule has 20 heavy (non-hydrogen) atoms. The molecule has 0 spiro atoms. The van der Waals surface area contributed by atoms with E-state index in [0.717, 1.165) is 22.2 Å². The Kier molecular flexibility index (Phi) is 5.32. The molecule has 3 heteroatoms. The van der Waals surface area contributed by atoms with Crippen molar-refractivity contribution in [2.75, 3.05) is 0 Å². The number of rotatable bonds is 5. The third kappa shape index (κ3) is 4.43. The van der Waals surface area contributed by atoms with Crippen LogP contribution in [0.1, 0.15) is 36.8 Å². The van der Waals surface area contributed by atoms with Gasteiger partial charge in [-0.1, -0.05) is 38.1 Å². The molecule has 2 rings (SSSR count). The predicted molar refractivity (Wildman–Crippen MR) is 85.6 cm³/mol. The maximum absolute atomic E-state index is 10.3. The lowest BCUT2D eigenvalue weighted by Crippen LogP contribution is -2.03. The average Bonchev–Trinajstić information content (AvgIpc) is 2.41. The molecule has 0 amide bonds. The Morgan fingerprint density at radius 1 is 1.05 bits per heavy atom. The predicted octanol–water partition coefficient (Wildman–Crippen LogP) is 4.32. The quantitative estimate of drug-likeness (QED) is 0.883. The molecule has 1 aromatic heterocycles. The minimum atomic E-state index is -0.503. The van der Waals surface area contributed by atoms with Crippen LogP contribution in [0.15, 0.2) is 47.1 Å². The van der Waals surface area contributed by atoms with Crippen LogP contribution >= 0.6 is 15.9 Å². The van der Waals surface area contributed by atoms with Gasteiger partial charge in [-0.05, 0) is 51.5 Å². The zero-order valence-electron chi connectivity index (χ0n) is 11.9. The Bertz CT molecular complexity index is 534. The van der Waals surface area contributed by atoms with E-state index in [1.165, 1.54) is 5.56 Å². The molecule has 0 radical (unpaired) electrons. The van der Waals surface area contributed by atoms with Gasteiger partial charge >= 0.3 is 0 Å². The van der Waals surface area contributed by atoms with Crippen molar-refractivity contribution >= 4 is 15.9 Å². The van der Waals surface area contributed by atoms with Crippen molar-refractivity contribution in [1.82, 2.24) is 4.98 Å². The van der Waals surface area contributed by atoms with Crippen LogP contribution in [0, 0.1) is 5.92 Å². The van der Waals surface area contributed by atoms with Crippen LogP contribution in [-0.2, 0) is 12.8 Å². The fourth-order valence-electron chi connectivity index (χ4n) is 2.19. The van der Waals surface area contributed by atoms with E-state index in [9.17, 15) is 5.11 Å². The summed E-state index contributed by atoms with van der Waals surface area (Å²) in [6.07, 6.45) is 2.87. The highest BCUT2D eigenvalue weighted by Gasteiger charge is 2.09. The van der Waals surface area contributed by atoms with E-state index >= 15 is 0 Å². The first kappa shape index (κ1) is 15.2. The van der Waals surface area contributed by atoms with Crippen molar-refractivity contribution in [2.45, 2.75) is 32.8 Å². The van der Waals surface area contributed by atoms with Crippen LogP contribution in [0.3, 0.4) is 0 Å². The monoisotopic (exact) mass is 333 g/mol. The molecule has 0 saturated heterocycles. The van der Waals surface area contributed by atoms with Gasteiger partial charge in [0, 0.05) is 22.8 Å². The highest BCUT2D eigenvalue weighted by atomic mass is 79.9. The minimum Gasteiger partial charge on any atom is -0.388 e. The maximum Gasteiger partial charge on any atom is 0.0845 e. The Morgan fingerprint density at radius 2 is 1.75 bits per heavy atom. The number of hydrogen-bond donors (Lipinski definition) is 1. The number of hydrogen-bond acceptors (Lipinski definition) is 2. The number of nitrogens with zero attached hydrogens (tertiary/aromatic N) is 1. The summed E-state index contributed by atoms with van der Waals surface area (Å²) >= 11 is 3.36. The standard InChI is InChI=1S/C17H20BrNO/c1-12(2)9-13-3-5-14(6-4-13)17(20)10-16-8-7-15(18)11-19-16/h3-8,11-12,17,20H,9-10H2,1-2H3. The summed E-state index contributed by atoms with van der Waals surface area (Å²) in [5.41, 5.74) is 3.16. The van der Waals surface area contributed by atoms with E-state index in [4.69, 9.17) is 0 Å². The SMILES string of the molecule is CC(C)Cc1ccc(C(O)Cc2ccc(Br)cn2)cc1. The maximum atomic E-state index is 10.3. The zero-order chi connectivity index (χ0) is 14.5. The molecule has 2 aromatic rings. The summed E-state index contributed by atoms with van der Waals surface area (Å²) in [4.78, 5) is 4.29. The van der Waals surface area contributed by atoms with Crippen molar-refractivity contribution in [1.29, 1.82) is 0 Å². The van der Waals surface area contributed by atoms with Crippen molar-refractivity contribution in [3.05, 3.63) is 63.9 Å². The number of halogens is 1. The molecular weight excluding hydrogens is 314 g/mol. The van der Waals surface area contributed by atoms with Gasteiger partial charge in [0.1, 0.15) is 0 Å². The topological polar surface area (TPSA) is 33.1 Å². The van der Waals surface area contributed by atoms with Gasteiger partial charge in [-0.2, -0.15) is 0 Å². The Morgan fingerprint density at radius 3 is 2.30 bits per heavy atom. The first-order valence-electron chi connectivity index (χ1n) is 6.92. The Balaban J connectivity index is 2.01. The lowest BCUT2D eigenvalue weighted by atomic mass is 9.99. The second-order valence-corrected chi connectivity index (χ2v) is 6.44. The van der Waals surface area contributed by atoms with Crippen LogP contribution in [-0.4, -0.2) is 10.1 Å². The van der Waals surface area contributed by atoms with Crippen molar-refractivity contribution in [3.8, 4) is 0 Å². The molecule has 0 bridgehead atoms. The van der Waals surface area contributed by atoms with Gasteiger partial charge in [-0.15, -0.1) is 0 Å². The third-order valence-electron chi connectivity index (χ3n) is 3.20. The molecule has 1 atom stereocenters. The molecule has 0 aliphatic carbocycles. The molecule has 0 aliphatic rings. The fraction of sp³-hybridized carbons (Fsp3) is 0.353. The van der Waals surface area contributed by atoms with Crippen LogP contribution in [0.25, 0.3) is 0 Å². The average molecular weight is 334 g/mol. The number of aliphatic hydroxyl groups excluding tert-OH is 1. The van der Waals surface area contributed by atoms with Gasteiger partial charge in [0.2, 0.25) is 0 Å². The Labute approximate surface area is 129 Å².